The molecule has 0 radical (unpaired) electrons. The van der Waals surface area contributed by atoms with Crippen LogP contribution >= 0.6 is 11.6 Å². The van der Waals surface area contributed by atoms with E-state index in [1.165, 1.54) is 11.1 Å². The molecule has 1 aliphatic carbocycles. The van der Waals surface area contributed by atoms with Gasteiger partial charge in [0.1, 0.15) is 23.3 Å². The average molecular weight is 590 g/mol. The maximum absolute atomic E-state index is 13.1. The maximum atomic E-state index is 13.1. The molecule has 0 bridgehead atoms. The second-order valence-corrected chi connectivity index (χ2v) is 13.0. The molecular formula is C28H32ClN3O7S. The van der Waals surface area contributed by atoms with Crippen LogP contribution in [0.1, 0.15) is 42.0 Å². The molecule has 1 saturated carbocycles. The number of hydrogen-bond donors (Lipinski definition) is 4. The molecule has 2 aromatic carbocycles. The zero-order chi connectivity index (χ0) is 28.5. The van der Waals surface area contributed by atoms with Crippen LogP contribution in [-0.2, 0) is 31.4 Å². The highest BCUT2D eigenvalue weighted by Crippen LogP contribution is 2.53. The number of carboxylic acid groups (broad SMARTS) is 2. The summed E-state index contributed by atoms with van der Waals surface area (Å²) in [7, 11) is -4.12. The summed E-state index contributed by atoms with van der Waals surface area (Å²) < 4.78 is 32.9. The number of nitrogens with zero attached hydrogens (tertiary/aromatic N) is 1. The predicted octanol–water partition coefficient (Wildman–Crippen LogP) is 2.68. The van der Waals surface area contributed by atoms with Crippen LogP contribution in [0.5, 0.6) is 5.75 Å². The lowest BCUT2D eigenvalue weighted by atomic mass is 9.58. The second kappa shape index (κ2) is 11.4. The van der Waals surface area contributed by atoms with Crippen LogP contribution < -0.4 is 15.4 Å². The van der Waals surface area contributed by atoms with E-state index in [0.717, 1.165) is 37.8 Å². The van der Waals surface area contributed by atoms with Crippen LogP contribution in [0.15, 0.2) is 54.2 Å². The Balaban J connectivity index is 1.38. The van der Waals surface area contributed by atoms with Gasteiger partial charge >= 0.3 is 11.9 Å². The fourth-order valence-corrected chi connectivity index (χ4v) is 7.71. The standard InChI is InChI=1S/C28H32ClN3O7S/c29-20-5-3-19(4-6-20)28(9-1-10-28)26-23-14-21(7-2-18(23)8-11-31-26)39-13-12-32(24(27(35)36)15-25(33)34)40(37,38)22-16-30-17-22/h2-7,14-15,22,26,30-31H,1,8-13,16-17H2,(H,33,34)(H,35,36)/b24-15-. The quantitative estimate of drug-likeness (QED) is 0.291. The van der Waals surface area contributed by atoms with Crippen LogP contribution in [-0.4, -0.2) is 72.9 Å². The fourth-order valence-electron chi connectivity index (χ4n) is 5.84. The highest BCUT2D eigenvalue weighted by Gasteiger charge is 2.47. The largest absolute Gasteiger partial charge is 0.492 e. The molecule has 4 N–H and O–H groups in total. The molecule has 0 amide bonds. The predicted molar refractivity (Wildman–Crippen MR) is 149 cm³/mol. The Morgan fingerprint density at radius 3 is 2.42 bits per heavy atom. The van der Waals surface area contributed by atoms with Gasteiger partial charge in [0.25, 0.3) is 0 Å². The smallest absolute Gasteiger partial charge is 0.353 e. The van der Waals surface area contributed by atoms with Crippen molar-refractivity contribution in [2.24, 2.45) is 0 Å². The van der Waals surface area contributed by atoms with Gasteiger partial charge in [-0.15, -0.1) is 0 Å². The number of carboxylic acids is 2. The van der Waals surface area contributed by atoms with Crippen molar-refractivity contribution >= 4 is 33.6 Å². The molecule has 0 spiro atoms. The molecule has 1 saturated heterocycles. The third-order valence-electron chi connectivity index (χ3n) is 8.17. The first-order valence-electron chi connectivity index (χ1n) is 13.3. The number of aliphatic carboxylic acids is 2. The Bertz CT molecular complexity index is 1420. The Kier molecular flexibility index (Phi) is 8.10. The third-order valence-corrected chi connectivity index (χ3v) is 10.6. The first-order chi connectivity index (χ1) is 19.1. The van der Waals surface area contributed by atoms with Crippen molar-refractivity contribution in [2.45, 2.75) is 42.4 Å². The molecule has 2 heterocycles. The molecule has 3 aliphatic rings. The van der Waals surface area contributed by atoms with Crippen molar-refractivity contribution in [1.82, 2.24) is 14.9 Å². The summed E-state index contributed by atoms with van der Waals surface area (Å²) in [6.45, 7) is 0.660. The molecule has 10 nitrogen and oxygen atoms in total. The highest BCUT2D eigenvalue weighted by molar-refractivity contribution is 7.90. The van der Waals surface area contributed by atoms with E-state index >= 15 is 0 Å². The van der Waals surface area contributed by atoms with Crippen LogP contribution in [0.4, 0.5) is 0 Å². The van der Waals surface area contributed by atoms with Crippen molar-refractivity contribution in [3.63, 3.8) is 0 Å². The number of carbonyl (C=O) groups is 2. The lowest BCUT2D eigenvalue weighted by Gasteiger charge is -2.50. The van der Waals surface area contributed by atoms with Gasteiger partial charge in [0.05, 0.1) is 12.6 Å². The first kappa shape index (κ1) is 28.4. The molecule has 1 unspecified atom stereocenters. The molecule has 2 aliphatic heterocycles. The number of hydrogen-bond acceptors (Lipinski definition) is 7. The van der Waals surface area contributed by atoms with Gasteiger partial charge in [-0.1, -0.05) is 36.2 Å². The van der Waals surface area contributed by atoms with E-state index in [4.69, 9.17) is 21.4 Å². The lowest BCUT2D eigenvalue weighted by Crippen LogP contribution is -2.56. The number of ether oxygens (including phenoxy) is 1. The van der Waals surface area contributed by atoms with E-state index in [0.29, 0.717) is 21.2 Å². The summed E-state index contributed by atoms with van der Waals surface area (Å²) >= 11 is 6.16. The Hall–Kier alpha value is -3.12. The number of nitrogens with one attached hydrogen (secondary N) is 2. The molecule has 12 heteroatoms. The molecule has 0 aromatic heterocycles. The van der Waals surface area contributed by atoms with Crippen molar-refractivity contribution < 1.29 is 33.0 Å². The summed E-state index contributed by atoms with van der Waals surface area (Å²) in [6, 6.07) is 13.9. The van der Waals surface area contributed by atoms with Gasteiger partial charge < -0.3 is 25.6 Å². The minimum Gasteiger partial charge on any atom is -0.492 e. The van der Waals surface area contributed by atoms with E-state index in [1.54, 1.807) is 0 Å². The summed E-state index contributed by atoms with van der Waals surface area (Å²) in [5.41, 5.74) is 2.68. The van der Waals surface area contributed by atoms with Crippen LogP contribution in [0.3, 0.4) is 0 Å². The zero-order valence-corrected chi connectivity index (χ0v) is 23.4. The van der Waals surface area contributed by atoms with E-state index in [9.17, 15) is 23.1 Å². The minimum atomic E-state index is -4.12. The number of rotatable bonds is 11. The van der Waals surface area contributed by atoms with Gasteiger partial charge in [0.15, 0.2) is 0 Å². The van der Waals surface area contributed by atoms with Crippen molar-refractivity contribution in [3.8, 4) is 5.75 Å². The number of sulfonamides is 1. The van der Waals surface area contributed by atoms with E-state index in [-0.39, 0.29) is 37.7 Å². The molecular weight excluding hydrogens is 558 g/mol. The highest BCUT2D eigenvalue weighted by atomic mass is 35.5. The van der Waals surface area contributed by atoms with Crippen LogP contribution in [0, 0.1) is 0 Å². The molecule has 1 atom stereocenters. The lowest BCUT2D eigenvalue weighted by molar-refractivity contribution is -0.136. The van der Waals surface area contributed by atoms with Gasteiger partial charge in [-0.05, 0) is 66.8 Å². The van der Waals surface area contributed by atoms with Crippen LogP contribution in [0.2, 0.25) is 5.02 Å². The molecule has 2 aromatic rings. The Morgan fingerprint density at radius 1 is 1.12 bits per heavy atom. The monoisotopic (exact) mass is 589 g/mol. The van der Waals surface area contributed by atoms with Crippen molar-refractivity contribution in [1.29, 1.82) is 0 Å². The molecule has 2 fully saturated rings. The van der Waals surface area contributed by atoms with Gasteiger partial charge in [0, 0.05) is 29.6 Å². The van der Waals surface area contributed by atoms with Crippen LogP contribution in [0.25, 0.3) is 0 Å². The van der Waals surface area contributed by atoms with Gasteiger partial charge in [0.2, 0.25) is 10.0 Å². The van der Waals surface area contributed by atoms with Gasteiger partial charge in [-0.25, -0.2) is 18.0 Å². The Morgan fingerprint density at radius 2 is 1.85 bits per heavy atom. The average Bonchev–Trinajstić information content (AvgIpc) is 2.84. The van der Waals surface area contributed by atoms with Crippen molar-refractivity contribution in [3.05, 3.63) is 76.0 Å². The van der Waals surface area contributed by atoms with Gasteiger partial charge in [-0.2, -0.15) is 0 Å². The zero-order valence-electron chi connectivity index (χ0n) is 21.8. The SMILES string of the molecule is O=C(O)/C=C(/C(=O)O)N(CCOc1ccc2c(c1)C(C1(c3ccc(Cl)cc3)CCC1)NCC2)S(=O)(=O)C1CNC1. The third kappa shape index (κ3) is 5.43. The number of fused-ring (bicyclic) bond motifs is 1. The summed E-state index contributed by atoms with van der Waals surface area (Å²) in [5.74, 6) is -2.67. The fraction of sp³-hybridized carbons (Fsp3) is 0.429. The van der Waals surface area contributed by atoms with E-state index in [1.807, 2.05) is 30.3 Å². The van der Waals surface area contributed by atoms with Crippen molar-refractivity contribution in [2.75, 3.05) is 32.8 Å². The van der Waals surface area contributed by atoms with E-state index in [2.05, 4.69) is 22.8 Å². The van der Waals surface area contributed by atoms with E-state index < -0.39 is 32.9 Å². The summed E-state index contributed by atoms with van der Waals surface area (Å²) in [4.78, 5) is 23.1. The normalized spacial score (nSPS) is 20.5. The molecule has 5 rings (SSSR count). The maximum Gasteiger partial charge on any atom is 0.353 e. The topological polar surface area (TPSA) is 145 Å². The number of halogens is 1. The second-order valence-electron chi connectivity index (χ2n) is 10.4. The van der Waals surface area contributed by atoms with Gasteiger partial charge in [-0.3, -0.25) is 4.31 Å². The summed E-state index contributed by atoms with van der Waals surface area (Å²) in [6.07, 6.45) is 4.46. The minimum absolute atomic E-state index is 0.0647. The molecule has 40 heavy (non-hydrogen) atoms. The Labute approximate surface area is 238 Å². The summed E-state index contributed by atoms with van der Waals surface area (Å²) in [5, 5.41) is 25.2. The first-order valence-corrected chi connectivity index (χ1v) is 15.2. The number of benzene rings is 2. The molecule has 214 valence electrons.